The fourth-order valence-corrected chi connectivity index (χ4v) is 6.33. The van der Waals surface area contributed by atoms with Crippen molar-refractivity contribution >= 4 is 10.8 Å². The fourth-order valence-electron chi connectivity index (χ4n) is 6.33. The molecular formula is C32H40. The van der Waals surface area contributed by atoms with Crippen LogP contribution in [0.25, 0.3) is 21.9 Å². The van der Waals surface area contributed by atoms with Crippen LogP contribution in [0.5, 0.6) is 0 Å². The molecule has 5 rings (SSSR count). The molecule has 0 heteroatoms. The van der Waals surface area contributed by atoms with Crippen molar-refractivity contribution in [2.24, 2.45) is 11.8 Å². The van der Waals surface area contributed by atoms with Crippen LogP contribution in [-0.4, -0.2) is 0 Å². The standard InChI is InChI=1S/C32H40/c1-3-23-13-18-31(32(21-23)30-19-17-26(30)4-2)29-16-15-27-20-25(12-14-28(27)22-29)11-10-24-8-6-5-7-9-24/h12-16,18,20-22,24,26,30H,3-11,17,19H2,1-2H3. The molecule has 0 N–H and O–H groups in total. The lowest BCUT2D eigenvalue weighted by atomic mass is 9.67. The molecule has 2 aliphatic carbocycles. The Morgan fingerprint density at radius 1 is 0.719 bits per heavy atom. The highest BCUT2D eigenvalue weighted by atomic mass is 14.4. The number of rotatable bonds is 7. The first kappa shape index (κ1) is 21.7. The molecule has 2 atom stereocenters. The van der Waals surface area contributed by atoms with Crippen LogP contribution in [0.4, 0.5) is 0 Å². The maximum Gasteiger partial charge on any atom is -0.0127 e. The van der Waals surface area contributed by atoms with E-state index in [0.717, 1.165) is 24.2 Å². The monoisotopic (exact) mass is 424 g/mol. The van der Waals surface area contributed by atoms with Crippen LogP contribution in [0.1, 0.15) is 94.2 Å². The molecule has 0 nitrogen and oxygen atoms in total. The van der Waals surface area contributed by atoms with Gasteiger partial charge in [-0.25, -0.2) is 0 Å². The van der Waals surface area contributed by atoms with Crippen LogP contribution in [0.3, 0.4) is 0 Å². The van der Waals surface area contributed by atoms with Gasteiger partial charge in [-0.2, -0.15) is 0 Å². The Hall–Kier alpha value is -2.08. The van der Waals surface area contributed by atoms with E-state index in [0.29, 0.717) is 0 Å². The molecule has 0 aromatic heterocycles. The summed E-state index contributed by atoms with van der Waals surface area (Å²) in [5, 5.41) is 2.78. The van der Waals surface area contributed by atoms with Crippen molar-refractivity contribution < 1.29 is 0 Å². The van der Waals surface area contributed by atoms with Gasteiger partial charge >= 0.3 is 0 Å². The largest absolute Gasteiger partial charge is 0.0651 e. The number of hydrogen-bond donors (Lipinski definition) is 0. The van der Waals surface area contributed by atoms with Crippen LogP contribution < -0.4 is 0 Å². The van der Waals surface area contributed by atoms with Gasteiger partial charge in [-0.1, -0.05) is 101 Å². The van der Waals surface area contributed by atoms with E-state index in [1.165, 1.54) is 97.2 Å². The average Bonchev–Trinajstić information content (AvgIpc) is 2.82. The van der Waals surface area contributed by atoms with Crippen LogP contribution in [0, 0.1) is 11.8 Å². The average molecular weight is 425 g/mol. The molecule has 0 radical (unpaired) electrons. The zero-order chi connectivity index (χ0) is 21.9. The Labute approximate surface area is 195 Å². The van der Waals surface area contributed by atoms with Crippen molar-refractivity contribution in [2.75, 3.05) is 0 Å². The minimum atomic E-state index is 0.749. The second kappa shape index (κ2) is 9.82. The molecule has 3 aromatic rings. The molecule has 0 bridgehead atoms. The predicted octanol–water partition coefficient (Wildman–Crippen LogP) is 9.49. The number of hydrogen-bond acceptors (Lipinski definition) is 0. The molecule has 0 heterocycles. The third kappa shape index (κ3) is 4.52. The molecule has 2 unspecified atom stereocenters. The van der Waals surface area contributed by atoms with E-state index in [1.54, 1.807) is 5.56 Å². The topological polar surface area (TPSA) is 0 Å². The van der Waals surface area contributed by atoms with E-state index in [1.807, 2.05) is 0 Å². The lowest BCUT2D eigenvalue weighted by Crippen LogP contribution is -2.23. The van der Waals surface area contributed by atoms with Crippen molar-refractivity contribution in [1.82, 2.24) is 0 Å². The van der Waals surface area contributed by atoms with Crippen molar-refractivity contribution in [3.8, 4) is 11.1 Å². The second-order valence-corrected chi connectivity index (χ2v) is 10.6. The molecule has 2 saturated carbocycles. The van der Waals surface area contributed by atoms with E-state index in [4.69, 9.17) is 0 Å². The summed E-state index contributed by atoms with van der Waals surface area (Å²) in [7, 11) is 0. The Balaban J connectivity index is 1.40. The SMILES string of the molecule is CCc1ccc(-c2ccc3cc(CCC4CCCCC4)ccc3c2)c(C2CCC2CC)c1. The predicted molar refractivity (Wildman–Crippen MR) is 139 cm³/mol. The summed E-state index contributed by atoms with van der Waals surface area (Å²) in [6.07, 6.45) is 15.1. The summed E-state index contributed by atoms with van der Waals surface area (Å²) in [5.41, 5.74) is 7.46. The van der Waals surface area contributed by atoms with Crippen molar-refractivity contribution in [3.63, 3.8) is 0 Å². The molecule has 2 aliphatic rings. The van der Waals surface area contributed by atoms with E-state index < -0.39 is 0 Å². The molecule has 0 aliphatic heterocycles. The van der Waals surface area contributed by atoms with Gasteiger partial charge in [0, 0.05) is 0 Å². The fraction of sp³-hybridized carbons (Fsp3) is 0.500. The Bertz CT molecular complexity index is 1050. The first-order valence-corrected chi connectivity index (χ1v) is 13.4. The molecule has 0 amide bonds. The summed E-state index contributed by atoms with van der Waals surface area (Å²) in [6.45, 7) is 4.64. The molecule has 2 fully saturated rings. The lowest BCUT2D eigenvalue weighted by Gasteiger charge is -2.38. The summed E-state index contributed by atoms with van der Waals surface area (Å²) in [4.78, 5) is 0. The lowest BCUT2D eigenvalue weighted by molar-refractivity contribution is 0.248. The number of benzene rings is 3. The Morgan fingerprint density at radius 2 is 1.50 bits per heavy atom. The zero-order valence-corrected chi connectivity index (χ0v) is 20.2. The summed E-state index contributed by atoms with van der Waals surface area (Å²) in [5.74, 6) is 2.58. The van der Waals surface area contributed by atoms with Crippen molar-refractivity contribution in [3.05, 3.63) is 71.3 Å². The van der Waals surface area contributed by atoms with Gasteiger partial charge in [-0.05, 0) is 94.5 Å². The van der Waals surface area contributed by atoms with Gasteiger partial charge in [0.25, 0.3) is 0 Å². The third-order valence-corrected chi connectivity index (χ3v) is 8.65. The smallest absolute Gasteiger partial charge is 0.0127 e. The summed E-state index contributed by atoms with van der Waals surface area (Å²) in [6, 6.07) is 21.6. The third-order valence-electron chi connectivity index (χ3n) is 8.65. The van der Waals surface area contributed by atoms with Crippen LogP contribution in [-0.2, 0) is 12.8 Å². The van der Waals surface area contributed by atoms with E-state index in [-0.39, 0.29) is 0 Å². The van der Waals surface area contributed by atoms with Gasteiger partial charge in [0.15, 0.2) is 0 Å². The van der Waals surface area contributed by atoms with Gasteiger partial charge in [0.2, 0.25) is 0 Å². The molecule has 32 heavy (non-hydrogen) atoms. The number of fused-ring (bicyclic) bond motifs is 1. The van der Waals surface area contributed by atoms with Gasteiger partial charge in [0.05, 0.1) is 0 Å². The Kier molecular flexibility index (Phi) is 6.67. The first-order chi connectivity index (χ1) is 15.7. The molecule has 3 aromatic carbocycles. The van der Waals surface area contributed by atoms with Gasteiger partial charge in [-0.15, -0.1) is 0 Å². The minimum Gasteiger partial charge on any atom is -0.0651 e. The van der Waals surface area contributed by atoms with E-state index in [9.17, 15) is 0 Å². The maximum absolute atomic E-state index is 2.51. The number of aryl methyl sites for hydroxylation is 2. The van der Waals surface area contributed by atoms with Gasteiger partial charge in [0.1, 0.15) is 0 Å². The Morgan fingerprint density at radius 3 is 2.25 bits per heavy atom. The summed E-state index contributed by atoms with van der Waals surface area (Å²) < 4.78 is 0. The van der Waals surface area contributed by atoms with Crippen molar-refractivity contribution in [1.29, 1.82) is 0 Å². The molecule has 168 valence electrons. The van der Waals surface area contributed by atoms with E-state index >= 15 is 0 Å². The maximum atomic E-state index is 2.51. The zero-order valence-electron chi connectivity index (χ0n) is 20.2. The molecule has 0 saturated heterocycles. The van der Waals surface area contributed by atoms with Crippen LogP contribution >= 0.6 is 0 Å². The van der Waals surface area contributed by atoms with Crippen molar-refractivity contribution in [2.45, 2.75) is 90.4 Å². The highest BCUT2D eigenvalue weighted by molar-refractivity contribution is 5.88. The summed E-state index contributed by atoms with van der Waals surface area (Å²) >= 11 is 0. The van der Waals surface area contributed by atoms with Gasteiger partial charge < -0.3 is 0 Å². The highest BCUT2D eigenvalue weighted by Crippen LogP contribution is 2.47. The van der Waals surface area contributed by atoms with E-state index in [2.05, 4.69) is 68.4 Å². The second-order valence-electron chi connectivity index (χ2n) is 10.6. The highest BCUT2D eigenvalue weighted by Gasteiger charge is 2.32. The quantitative estimate of drug-likeness (QED) is 0.354. The molecule has 0 spiro atoms. The first-order valence-electron chi connectivity index (χ1n) is 13.4. The minimum absolute atomic E-state index is 0.749. The van der Waals surface area contributed by atoms with Gasteiger partial charge in [-0.3, -0.25) is 0 Å². The van der Waals surface area contributed by atoms with Crippen LogP contribution in [0.2, 0.25) is 0 Å². The molecular weight excluding hydrogens is 384 g/mol. The normalized spacial score (nSPS) is 21.6. The van der Waals surface area contributed by atoms with Crippen LogP contribution in [0.15, 0.2) is 54.6 Å².